The van der Waals surface area contributed by atoms with E-state index < -0.39 is 6.10 Å². The van der Waals surface area contributed by atoms with Gasteiger partial charge in [0.2, 0.25) is 0 Å². The van der Waals surface area contributed by atoms with Gasteiger partial charge in [-0.3, -0.25) is 4.90 Å². The summed E-state index contributed by atoms with van der Waals surface area (Å²) in [5.74, 6) is -0.215. The Hall–Kier alpha value is -1.17. The summed E-state index contributed by atoms with van der Waals surface area (Å²) in [6, 6.07) is 16.6. The maximum atomic E-state index is 13.1. The number of nitrogens with zero attached hydrogens (tertiary/aromatic N) is 1. The first-order chi connectivity index (χ1) is 11.6. The Balaban J connectivity index is 0.00000169. The molecule has 2 aromatic carbocycles. The Labute approximate surface area is 167 Å². The quantitative estimate of drug-likeness (QED) is 0.776. The predicted molar refractivity (Wildman–Crippen MR) is 109 cm³/mol. The molecular weight excluding hydrogens is 374 g/mol. The lowest BCUT2D eigenvalue weighted by Crippen LogP contribution is -2.44. The average molecular weight is 401 g/mol. The van der Waals surface area contributed by atoms with Crippen LogP contribution in [0.1, 0.15) is 30.0 Å². The van der Waals surface area contributed by atoms with Crippen molar-refractivity contribution in [1.29, 1.82) is 0 Å². The molecule has 3 nitrogen and oxygen atoms in total. The van der Waals surface area contributed by atoms with Crippen LogP contribution >= 0.6 is 24.8 Å². The van der Waals surface area contributed by atoms with Gasteiger partial charge in [-0.2, -0.15) is 0 Å². The van der Waals surface area contributed by atoms with Crippen molar-refractivity contribution in [2.75, 3.05) is 13.1 Å². The van der Waals surface area contributed by atoms with Crippen LogP contribution in [0.4, 0.5) is 4.39 Å². The zero-order valence-electron chi connectivity index (χ0n) is 14.6. The maximum absolute atomic E-state index is 13.1. The Morgan fingerprint density at radius 2 is 1.73 bits per heavy atom. The Bertz CT molecular complexity index is 642. The molecule has 3 atom stereocenters. The first-order valence-corrected chi connectivity index (χ1v) is 8.60. The maximum Gasteiger partial charge on any atom is 0.123 e. The Morgan fingerprint density at radius 3 is 2.38 bits per heavy atom. The molecule has 1 fully saturated rings. The number of halogens is 3. The summed E-state index contributed by atoms with van der Waals surface area (Å²) >= 11 is 0. The zero-order chi connectivity index (χ0) is 16.9. The van der Waals surface area contributed by atoms with E-state index in [4.69, 9.17) is 5.73 Å². The SMILES string of the molecule is Cl.Cl.N[C@H](Cc1ccccc1)[C@@H](O)CN1CCC[C@H]1c1ccc(F)cc1. The number of hydrogen-bond donors (Lipinski definition) is 2. The number of β-amino-alcohol motifs (C(OH)–C–C–N with tert-alkyl or cyclic N) is 1. The molecule has 1 heterocycles. The minimum absolute atomic E-state index is 0. The van der Waals surface area contributed by atoms with Crippen LogP contribution in [0.2, 0.25) is 0 Å². The van der Waals surface area contributed by atoms with Crippen molar-refractivity contribution in [1.82, 2.24) is 4.90 Å². The largest absolute Gasteiger partial charge is 0.390 e. The lowest BCUT2D eigenvalue weighted by molar-refractivity contribution is 0.0851. The normalized spacial score (nSPS) is 19.3. The molecule has 1 aliphatic heterocycles. The molecule has 3 N–H and O–H groups in total. The van der Waals surface area contributed by atoms with Crippen molar-refractivity contribution >= 4 is 24.8 Å². The average Bonchev–Trinajstić information content (AvgIpc) is 3.04. The summed E-state index contributed by atoms with van der Waals surface area (Å²) in [4.78, 5) is 2.27. The van der Waals surface area contributed by atoms with E-state index in [0.717, 1.165) is 30.5 Å². The van der Waals surface area contributed by atoms with Gasteiger partial charge in [0.05, 0.1) is 6.10 Å². The molecule has 26 heavy (non-hydrogen) atoms. The van der Waals surface area contributed by atoms with E-state index >= 15 is 0 Å². The van der Waals surface area contributed by atoms with Gasteiger partial charge in [0.15, 0.2) is 0 Å². The second-order valence-corrected chi connectivity index (χ2v) is 6.63. The third-order valence-corrected chi connectivity index (χ3v) is 4.85. The molecule has 6 heteroatoms. The van der Waals surface area contributed by atoms with Gasteiger partial charge in [-0.25, -0.2) is 4.39 Å². The highest BCUT2D eigenvalue weighted by molar-refractivity contribution is 5.85. The van der Waals surface area contributed by atoms with Gasteiger partial charge in [-0.15, -0.1) is 24.8 Å². The number of aliphatic hydroxyl groups is 1. The Morgan fingerprint density at radius 1 is 1.08 bits per heavy atom. The molecule has 1 saturated heterocycles. The first-order valence-electron chi connectivity index (χ1n) is 8.60. The summed E-state index contributed by atoms with van der Waals surface area (Å²) in [6.45, 7) is 1.49. The highest BCUT2D eigenvalue weighted by Gasteiger charge is 2.29. The van der Waals surface area contributed by atoms with Gasteiger partial charge in [0, 0.05) is 18.6 Å². The standard InChI is InChI=1S/C20H25FN2O.2ClH/c21-17-10-8-16(9-11-17)19-7-4-12-23(19)14-20(24)18(22)13-15-5-2-1-3-6-15;;/h1-3,5-6,8-11,18-20,24H,4,7,12-14,22H2;2*1H/t18-,19+,20+;;/m1../s1. The fraction of sp³-hybridized carbons (Fsp3) is 0.400. The van der Waals surface area contributed by atoms with E-state index in [9.17, 15) is 9.50 Å². The molecule has 0 radical (unpaired) electrons. The monoisotopic (exact) mass is 400 g/mol. The lowest BCUT2D eigenvalue weighted by atomic mass is 10.0. The summed E-state index contributed by atoms with van der Waals surface area (Å²) in [5, 5.41) is 10.5. The van der Waals surface area contributed by atoms with Gasteiger partial charge in [-0.05, 0) is 49.1 Å². The van der Waals surface area contributed by atoms with Crippen LogP contribution in [0.15, 0.2) is 54.6 Å². The number of benzene rings is 2. The molecule has 2 aromatic rings. The van der Waals surface area contributed by atoms with E-state index in [-0.39, 0.29) is 42.7 Å². The van der Waals surface area contributed by atoms with Crippen LogP contribution in [0, 0.1) is 5.82 Å². The third kappa shape index (κ3) is 5.93. The molecule has 0 bridgehead atoms. The number of likely N-dealkylation sites (tertiary alicyclic amines) is 1. The summed E-state index contributed by atoms with van der Waals surface area (Å²) in [5.41, 5.74) is 8.45. The molecule has 3 rings (SSSR count). The van der Waals surface area contributed by atoms with E-state index in [1.54, 1.807) is 0 Å². The van der Waals surface area contributed by atoms with E-state index in [1.807, 2.05) is 42.5 Å². The second kappa shape index (κ2) is 10.9. The highest BCUT2D eigenvalue weighted by atomic mass is 35.5. The molecule has 0 unspecified atom stereocenters. The van der Waals surface area contributed by atoms with Gasteiger partial charge >= 0.3 is 0 Å². The lowest BCUT2D eigenvalue weighted by Gasteiger charge is -2.29. The number of hydrogen-bond acceptors (Lipinski definition) is 3. The first kappa shape index (κ1) is 22.9. The molecule has 0 spiro atoms. The predicted octanol–water partition coefficient (Wildman–Crippen LogP) is 3.74. The second-order valence-electron chi connectivity index (χ2n) is 6.63. The smallest absolute Gasteiger partial charge is 0.123 e. The molecule has 0 amide bonds. The van der Waals surface area contributed by atoms with Crippen LogP contribution < -0.4 is 5.73 Å². The van der Waals surface area contributed by atoms with Gasteiger partial charge in [0.1, 0.15) is 5.82 Å². The van der Waals surface area contributed by atoms with Gasteiger partial charge in [-0.1, -0.05) is 42.5 Å². The van der Waals surface area contributed by atoms with Gasteiger partial charge in [0.25, 0.3) is 0 Å². The van der Waals surface area contributed by atoms with Crippen molar-refractivity contribution in [2.24, 2.45) is 5.73 Å². The highest BCUT2D eigenvalue weighted by Crippen LogP contribution is 2.32. The molecule has 0 saturated carbocycles. The zero-order valence-corrected chi connectivity index (χ0v) is 16.3. The molecule has 0 aliphatic carbocycles. The van der Waals surface area contributed by atoms with E-state index in [0.29, 0.717) is 13.0 Å². The van der Waals surface area contributed by atoms with Crippen LogP contribution in [0.3, 0.4) is 0 Å². The molecule has 1 aliphatic rings. The fourth-order valence-corrected chi connectivity index (χ4v) is 3.51. The number of nitrogens with two attached hydrogens (primary N) is 1. The summed E-state index contributed by atoms with van der Waals surface area (Å²) in [6.07, 6.45) is 2.21. The van der Waals surface area contributed by atoms with Crippen LogP contribution in [0.5, 0.6) is 0 Å². The summed E-state index contributed by atoms with van der Waals surface area (Å²) in [7, 11) is 0. The number of aliphatic hydroxyl groups excluding tert-OH is 1. The third-order valence-electron chi connectivity index (χ3n) is 4.85. The minimum atomic E-state index is -0.578. The van der Waals surface area contributed by atoms with Crippen LogP contribution in [0.25, 0.3) is 0 Å². The van der Waals surface area contributed by atoms with Crippen molar-refractivity contribution in [3.05, 3.63) is 71.5 Å². The van der Waals surface area contributed by atoms with Crippen LogP contribution in [-0.4, -0.2) is 35.2 Å². The van der Waals surface area contributed by atoms with E-state index in [1.165, 1.54) is 12.1 Å². The Kier molecular flexibility index (Phi) is 9.55. The van der Waals surface area contributed by atoms with Crippen molar-refractivity contribution in [3.8, 4) is 0 Å². The molecule has 144 valence electrons. The van der Waals surface area contributed by atoms with Crippen molar-refractivity contribution in [3.63, 3.8) is 0 Å². The summed E-state index contributed by atoms with van der Waals surface area (Å²) < 4.78 is 13.1. The fourth-order valence-electron chi connectivity index (χ4n) is 3.51. The van der Waals surface area contributed by atoms with E-state index in [2.05, 4.69) is 4.90 Å². The number of rotatable bonds is 6. The topological polar surface area (TPSA) is 49.5 Å². The van der Waals surface area contributed by atoms with Crippen molar-refractivity contribution < 1.29 is 9.50 Å². The van der Waals surface area contributed by atoms with Crippen molar-refractivity contribution in [2.45, 2.75) is 37.5 Å². The van der Waals surface area contributed by atoms with Gasteiger partial charge < -0.3 is 10.8 Å². The minimum Gasteiger partial charge on any atom is -0.390 e. The van der Waals surface area contributed by atoms with Crippen LogP contribution in [-0.2, 0) is 6.42 Å². The molecule has 0 aromatic heterocycles. The molecular formula is C20H27Cl2FN2O.